The van der Waals surface area contributed by atoms with Gasteiger partial charge in [-0.15, -0.1) is 0 Å². The summed E-state index contributed by atoms with van der Waals surface area (Å²) in [7, 11) is 1.55. The summed E-state index contributed by atoms with van der Waals surface area (Å²) in [4.78, 5) is 17.1. The first-order chi connectivity index (χ1) is 14.3. The van der Waals surface area contributed by atoms with Gasteiger partial charge in [0.25, 0.3) is 5.91 Å². The largest absolute Gasteiger partial charge is 0.493 e. The van der Waals surface area contributed by atoms with E-state index in [9.17, 15) is 10.1 Å². The Morgan fingerprint density at radius 2 is 1.93 bits per heavy atom. The van der Waals surface area contributed by atoms with E-state index in [0.29, 0.717) is 22.2 Å². The van der Waals surface area contributed by atoms with Gasteiger partial charge in [0, 0.05) is 0 Å². The Labute approximate surface area is 179 Å². The second kappa shape index (κ2) is 8.97. The maximum absolute atomic E-state index is 12.6. The van der Waals surface area contributed by atoms with Crippen molar-refractivity contribution in [3.05, 3.63) is 52.6 Å². The van der Waals surface area contributed by atoms with Crippen LogP contribution in [0.15, 0.2) is 35.9 Å². The number of carbonyl (C=O) groups excluding carboxylic acids is 1. The van der Waals surface area contributed by atoms with Crippen molar-refractivity contribution in [1.82, 2.24) is 4.98 Å². The first kappa shape index (κ1) is 21.3. The number of thiazole rings is 1. The van der Waals surface area contributed by atoms with Gasteiger partial charge in [-0.1, -0.05) is 17.4 Å². The highest BCUT2D eigenvalue weighted by atomic mass is 32.1. The number of carbonyl (C=O) groups is 1. The second-order valence-corrected chi connectivity index (χ2v) is 8.15. The predicted molar refractivity (Wildman–Crippen MR) is 120 cm³/mol. The normalized spacial score (nSPS) is 11.4. The highest BCUT2D eigenvalue weighted by molar-refractivity contribution is 7.22. The van der Waals surface area contributed by atoms with Gasteiger partial charge in [0.2, 0.25) is 0 Å². The standard InChI is InChI=1S/C23H23N3O3S/c1-13(2)29-19-7-6-16(11-20(19)28-5)10-17(12-24)22(27)26-23-25-18-8-14(3)15(4)9-21(18)30-23/h6-11,13H,1-5H3,(H,25,26,27). The number of fused-ring (bicyclic) bond motifs is 1. The summed E-state index contributed by atoms with van der Waals surface area (Å²) in [5, 5.41) is 12.7. The smallest absolute Gasteiger partial charge is 0.268 e. The van der Waals surface area contributed by atoms with Gasteiger partial charge in [-0.3, -0.25) is 10.1 Å². The molecule has 0 saturated carbocycles. The minimum absolute atomic E-state index is 0.00197. The van der Waals surface area contributed by atoms with Gasteiger partial charge in [0.05, 0.1) is 23.4 Å². The van der Waals surface area contributed by atoms with E-state index in [4.69, 9.17) is 9.47 Å². The molecule has 1 heterocycles. The number of rotatable bonds is 6. The molecule has 154 valence electrons. The topological polar surface area (TPSA) is 84.2 Å². The molecule has 0 bridgehead atoms. The number of ether oxygens (including phenoxy) is 2. The maximum Gasteiger partial charge on any atom is 0.268 e. The molecule has 0 radical (unpaired) electrons. The molecule has 0 fully saturated rings. The van der Waals surface area contributed by atoms with E-state index in [1.165, 1.54) is 23.0 Å². The first-order valence-corrected chi connectivity index (χ1v) is 10.3. The van der Waals surface area contributed by atoms with Crippen molar-refractivity contribution >= 4 is 38.7 Å². The van der Waals surface area contributed by atoms with Crippen LogP contribution in [0.5, 0.6) is 11.5 Å². The number of nitrogens with one attached hydrogen (secondary N) is 1. The van der Waals surface area contributed by atoms with Crippen molar-refractivity contribution in [2.24, 2.45) is 0 Å². The molecule has 3 aromatic rings. The van der Waals surface area contributed by atoms with Crippen LogP contribution in [0.25, 0.3) is 16.3 Å². The zero-order valence-electron chi connectivity index (χ0n) is 17.6. The molecule has 0 aliphatic rings. The number of aromatic nitrogens is 1. The number of hydrogen-bond donors (Lipinski definition) is 1. The molecule has 2 aromatic carbocycles. The zero-order valence-corrected chi connectivity index (χ0v) is 18.4. The van der Waals surface area contributed by atoms with Crippen LogP contribution >= 0.6 is 11.3 Å². The van der Waals surface area contributed by atoms with Gasteiger partial charge >= 0.3 is 0 Å². The Morgan fingerprint density at radius 1 is 1.20 bits per heavy atom. The van der Waals surface area contributed by atoms with Crippen molar-refractivity contribution in [3.63, 3.8) is 0 Å². The Bertz CT molecular complexity index is 1130. The third-order valence-corrected chi connectivity index (χ3v) is 5.38. The average Bonchev–Trinajstić information content (AvgIpc) is 3.07. The third kappa shape index (κ3) is 4.78. The van der Waals surface area contributed by atoms with E-state index in [-0.39, 0.29) is 11.7 Å². The fourth-order valence-corrected chi connectivity index (χ4v) is 3.78. The molecule has 1 N–H and O–H groups in total. The molecular formula is C23H23N3O3S. The number of methoxy groups -OCH3 is 1. The number of hydrogen-bond acceptors (Lipinski definition) is 6. The quantitative estimate of drug-likeness (QED) is 0.434. The van der Waals surface area contributed by atoms with Crippen molar-refractivity contribution in [2.45, 2.75) is 33.8 Å². The van der Waals surface area contributed by atoms with Gasteiger partial charge in [0.15, 0.2) is 16.6 Å². The third-order valence-electron chi connectivity index (χ3n) is 4.45. The second-order valence-electron chi connectivity index (χ2n) is 7.12. The molecule has 0 aliphatic heterocycles. The number of nitrogens with zero attached hydrogens (tertiary/aromatic N) is 2. The molecule has 0 spiro atoms. The van der Waals surface area contributed by atoms with Crippen LogP contribution < -0.4 is 14.8 Å². The predicted octanol–water partition coefficient (Wildman–Crippen LogP) is 5.25. The average molecular weight is 422 g/mol. The molecule has 3 rings (SSSR count). The van der Waals surface area contributed by atoms with Crippen LogP contribution in [0.4, 0.5) is 5.13 Å². The van der Waals surface area contributed by atoms with E-state index in [1.54, 1.807) is 25.3 Å². The molecule has 7 heteroatoms. The first-order valence-electron chi connectivity index (χ1n) is 9.46. The molecular weight excluding hydrogens is 398 g/mol. The fraction of sp³-hybridized carbons (Fsp3) is 0.261. The van der Waals surface area contributed by atoms with Crippen LogP contribution in [0.3, 0.4) is 0 Å². The van der Waals surface area contributed by atoms with E-state index < -0.39 is 5.91 Å². The molecule has 1 amide bonds. The van der Waals surface area contributed by atoms with Crippen molar-refractivity contribution in [3.8, 4) is 17.6 Å². The van der Waals surface area contributed by atoms with Crippen LogP contribution in [-0.2, 0) is 4.79 Å². The van der Waals surface area contributed by atoms with E-state index in [2.05, 4.69) is 10.3 Å². The highest BCUT2D eigenvalue weighted by Gasteiger charge is 2.14. The minimum Gasteiger partial charge on any atom is -0.493 e. The van der Waals surface area contributed by atoms with Crippen LogP contribution in [0.1, 0.15) is 30.5 Å². The molecule has 0 atom stereocenters. The van der Waals surface area contributed by atoms with E-state index in [0.717, 1.165) is 15.8 Å². The Hall–Kier alpha value is -3.37. The number of aryl methyl sites for hydroxylation is 2. The maximum atomic E-state index is 12.6. The number of anilines is 1. The number of nitriles is 1. The SMILES string of the molecule is COc1cc(C=C(C#N)C(=O)Nc2nc3cc(C)c(C)cc3s2)ccc1OC(C)C. The van der Waals surface area contributed by atoms with Crippen molar-refractivity contribution in [2.75, 3.05) is 12.4 Å². The zero-order chi connectivity index (χ0) is 21.8. The summed E-state index contributed by atoms with van der Waals surface area (Å²) in [5.74, 6) is 0.631. The molecule has 1 aromatic heterocycles. The van der Waals surface area contributed by atoms with Gasteiger partial charge < -0.3 is 9.47 Å². The van der Waals surface area contributed by atoms with Crippen molar-refractivity contribution in [1.29, 1.82) is 5.26 Å². The monoisotopic (exact) mass is 421 g/mol. The summed E-state index contributed by atoms with van der Waals surface area (Å²) in [6.45, 7) is 7.91. The van der Waals surface area contributed by atoms with E-state index in [1.807, 2.05) is 45.9 Å². The lowest BCUT2D eigenvalue weighted by Crippen LogP contribution is -2.13. The summed E-state index contributed by atoms with van der Waals surface area (Å²) in [5.41, 5.74) is 3.76. The van der Waals surface area contributed by atoms with Gasteiger partial charge in [-0.2, -0.15) is 5.26 Å². The van der Waals surface area contributed by atoms with Gasteiger partial charge in [-0.25, -0.2) is 4.98 Å². The van der Waals surface area contributed by atoms with Crippen molar-refractivity contribution < 1.29 is 14.3 Å². The van der Waals surface area contributed by atoms with Gasteiger partial charge in [0.1, 0.15) is 11.6 Å². The Morgan fingerprint density at radius 3 is 2.60 bits per heavy atom. The molecule has 30 heavy (non-hydrogen) atoms. The summed E-state index contributed by atoms with van der Waals surface area (Å²) >= 11 is 1.38. The Balaban J connectivity index is 1.84. The molecule has 6 nitrogen and oxygen atoms in total. The number of benzene rings is 2. The lowest BCUT2D eigenvalue weighted by Gasteiger charge is -2.13. The lowest BCUT2D eigenvalue weighted by atomic mass is 10.1. The molecule has 0 unspecified atom stereocenters. The molecule has 0 aliphatic carbocycles. The lowest BCUT2D eigenvalue weighted by molar-refractivity contribution is -0.112. The highest BCUT2D eigenvalue weighted by Crippen LogP contribution is 2.31. The van der Waals surface area contributed by atoms with Gasteiger partial charge in [-0.05, 0) is 74.7 Å². The fourth-order valence-electron chi connectivity index (χ4n) is 2.84. The van der Waals surface area contributed by atoms with Crippen LogP contribution in [-0.4, -0.2) is 24.1 Å². The van der Waals surface area contributed by atoms with Crippen LogP contribution in [0, 0.1) is 25.2 Å². The van der Waals surface area contributed by atoms with E-state index >= 15 is 0 Å². The summed E-state index contributed by atoms with van der Waals surface area (Å²) < 4.78 is 12.1. The minimum atomic E-state index is -0.508. The Kier molecular flexibility index (Phi) is 6.38. The summed E-state index contributed by atoms with van der Waals surface area (Å²) in [6, 6.07) is 11.3. The molecule has 0 saturated heterocycles. The summed E-state index contributed by atoms with van der Waals surface area (Å²) in [6.07, 6.45) is 1.51. The number of amides is 1. The van der Waals surface area contributed by atoms with Crippen LogP contribution in [0.2, 0.25) is 0 Å².